The van der Waals surface area contributed by atoms with Crippen LogP contribution in [0, 0.1) is 5.92 Å². The lowest BCUT2D eigenvalue weighted by Gasteiger charge is -2.18. The van der Waals surface area contributed by atoms with Gasteiger partial charge < -0.3 is 10.6 Å². The smallest absolute Gasteiger partial charge is 0.223 e. The Hall–Kier alpha value is -0.570. The number of unbranched alkanes of at least 4 members (excludes halogenated alkanes) is 1. The van der Waals surface area contributed by atoms with Gasteiger partial charge in [-0.25, -0.2) is 0 Å². The maximum atomic E-state index is 12.0. The predicted molar refractivity (Wildman–Crippen MR) is 85.8 cm³/mol. The van der Waals surface area contributed by atoms with Crippen molar-refractivity contribution in [3.8, 4) is 0 Å². The van der Waals surface area contributed by atoms with Crippen LogP contribution in [0.15, 0.2) is 0 Å². The van der Waals surface area contributed by atoms with Crippen molar-refractivity contribution in [2.24, 2.45) is 5.92 Å². The standard InChI is InChI=1S/C17H34N2O/c1-3-5-10-15(4-2)17(20)19-14-13-18-16-11-8-6-7-9-12-16/h15-16,18H,3-14H2,1-2H3,(H,19,20). The van der Waals surface area contributed by atoms with E-state index in [-0.39, 0.29) is 11.8 Å². The zero-order valence-corrected chi connectivity index (χ0v) is 13.5. The van der Waals surface area contributed by atoms with Gasteiger partial charge in [0.05, 0.1) is 0 Å². The summed E-state index contributed by atoms with van der Waals surface area (Å²) < 4.78 is 0. The van der Waals surface area contributed by atoms with Crippen LogP contribution >= 0.6 is 0 Å². The molecule has 118 valence electrons. The Bertz CT molecular complexity index is 247. The Morgan fingerprint density at radius 2 is 1.80 bits per heavy atom. The van der Waals surface area contributed by atoms with Gasteiger partial charge >= 0.3 is 0 Å². The molecule has 0 aromatic heterocycles. The van der Waals surface area contributed by atoms with Gasteiger partial charge in [0.15, 0.2) is 0 Å². The van der Waals surface area contributed by atoms with Crippen molar-refractivity contribution in [1.29, 1.82) is 0 Å². The fourth-order valence-corrected chi connectivity index (χ4v) is 3.06. The molecule has 1 atom stereocenters. The third kappa shape index (κ3) is 7.28. The van der Waals surface area contributed by atoms with Crippen molar-refractivity contribution in [3.63, 3.8) is 0 Å². The maximum absolute atomic E-state index is 12.0. The lowest BCUT2D eigenvalue weighted by atomic mass is 9.98. The summed E-state index contributed by atoms with van der Waals surface area (Å²) >= 11 is 0. The van der Waals surface area contributed by atoms with Crippen LogP contribution in [0.3, 0.4) is 0 Å². The normalized spacial score (nSPS) is 18.5. The van der Waals surface area contributed by atoms with Crippen molar-refractivity contribution < 1.29 is 4.79 Å². The molecule has 1 aliphatic carbocycles. The monoisotopic (exact) mass is 282 g/mol. The van der Waals surface area contributed by atoms with Crippen molar-refractivity contribution in [1.82, 2.24) is 10.6 Å². The van der Waals surface area contributed by atoms with Gasteiger partial charge in [-0.05, 0) is 25.7 Å². The molecule has 1 aliphatic rings. The quantitative estimate of drug-likeness (QED) is 0.501. The lowest BCUT2D eigenvalue weighted by Crippen LogP contribution is -2.39. The van der Waals surface area contributed by atoms with Crippen molar-refractivity contribution >= 4 is 5.91 Å². The molecule has 1 fully saturated rings. The van der Waals surface area contributed by atoms with Crippen LogP contribution in [0.1, 0.15) is 78.1 Å². The molecule has 0 aliphatic heterocycles. The molecule has 0 radical (unpaired) electrons. The van der Waals surface area contributed by atoms with Gasteiger partial charge in [0.25, 0.3) is 0 Å². The molecule has 0 aromatic carbocycles. The molecule has 0 spiro atoms. The first kappa shape index (κ1) is 17.5. The SMILES string of the molecule is CCCCC(CC)C(=O)NCCNC1CCCCCC1. The van der Waals surface area contributed by atoms with Crippen LogP contribution in [0.2, 0.25) is 0 Å². The molecule has 0 heterocycles. The third-order valence-electron chi connectivity index (χ3n) is 4.48. The largest absolute Gasteiger partial charge is 0.355 e. The van der Waals surface area contributed by atoms with Crippen LogP contribution < -0.4 is 10.6 Å². The van der Waals surface area contributed by atoms with Gasteiger partial charge in [-0.3, -0.25) is 4.79 Å². The molecule has 0 aromatic rings. The van der Waals surface area contributed by atoms with E-state index in [1.807, 2.05) is 0 Å². The second-order valence-electron chi connectivity index (χ2n) is 6.18. The maximum Gasteiger partial charge on any atom is 0.223 e. The number of amides is 1. The van der Waals surface area contributed by atoms with E-state index in [0.29, 0.717) is 6.04 Å². The van der Waals surface area contributed by atoms with E-state index in [2.05, 4.69) is 24.5 Å². The Balaban J connectivity index is 2.10. The van der Waals surface area contributed by atoms with Crippen LogP contribution in [0.5, 0.6) is 0 Å². The molecular weight excluding hydrogens is 248 g/mol. The summed E-state index contributed by atoms with van der Waals surface area (Å²) in [6.45, 7) is 5.99. The Labute approximate surface area is 125 Å². The summed E-state index contributed by atoms with van der Waals surface area (Å²) in [5.74, 6) is 0.469. The fourth-order valence-electron chi connectivity index (χ4n) is 3.06. The average Bonchev–Trinajstić information content (AvgIpc) is 2.73. The molecule has 1 amide bonds. The summed E-state index contributed by atoms with van der Waals surface area (Å²) in [5.41, 5.74) is 0. The van der Waals surface area contributed by atoms with E-state index < -0.39 is 0 Å². The number of nitrogens with one attached hydrogen (secondary N) is 2. The molecule has 0 bridgehead atoms. The predicted octanol–water partition coefficient (Wildman–Crippen LogP) is 3.63. The number of rotatable bonds is 9. The number of hydrogen-bond acceptors (Lipinski definition) is 2. The molecule has 0 saturated heterocycles. The highest BCUT2D eigenvalue weighted by Gasteiger charge is 2.15. The number of hydrogen-bond donors (Lipinski definition) is 2. The topological polar surface area (TPSA) is 41.1 Å². The van der Waals surface area contributed by atoms with E-state index in [9.17, 15) is 4.79 Å². The molecule has 2 N–H and O–H groups in total. The van der Waals surface area contributed by atoms with Crippen LogP contribution in [0.25, 0.3) is 0 Å². The second-order valence-corrected chi connectivity index (χ2v) is 6.18. The molecule has 1 unspecified atom stereocenters. The van der Waals surface area contributed by atoms with Crippen molar-refractivity contribution in [3.05, 3.63) is 0 Å². The fraction of sp³-hybridized carbons (Fsp3) is 0.941. The van der Waals surface area contributed by atoms with E-state index >= 15 is 0 Å². The number of carbonyl (C=O) groups excluding carboxylic acids is 1. The second kappa shape index (κ2) is 11.1. The molecule has 1 rings (SSSR count). The van der Waals surface area contributed by atoms with Crippen molar-refractivity contribution in [2.75, 3.05) is 13.1 Å². The highest BCUT2D eigenvalue weighted by Crippen LogP contribution is 2.17. The lowest BCUT2D eigenvalue weighted by molar-refractivity contribution is -0.125. The molecule has 3 heteroatoms. The van der Waals surface area contributed by atoms with Gasteiger partial charge in [-0.2, -0.15) is 0 Å². The van der Waals surface area contributed by atoms with E-state index in [4.69, 9.17) is 0 Å². The van der Waals surface area contributed by atoms with Gasteiger partial charge in [0.2, 0.25) is 5.91 Å². The molecular formula is C17H34N2O. The molecule has 3 nitrogen and oxygen atoms in total. The van der Waals surface area contributed by atoms with Gasteiger partial charge in [-0.15, -0.1) is 0 Å². The Morgan fingerprint density at radius 3 is 2.40 bits per heavy atom. The number of carbonyl (C=O) groups is 1. The van der Waals surface area contributed by atoms with Gasteiger partial charge in [0.1, 0.15) is 0 Å². The van der Waals surface area contributed by atoms with Crippen molar-refractivity contribution in [2.45, 2.75) is 84.1 Å². The summed E-state index contributed by atoms with van der Waals surface area (Å²) in [6, 6.07) is 0.677. The summed E-state index contributed by atoms with van der Waals surface area (Å²) in [6.07, 6.45) is 12.5. The first-order chi connectivity index (χ1) is 9.77. The first-order valence-corrected chi connectivity index (χ1v) is 8.79. The zero-order valence-electron chi connectivity index (χ0n) is 13.5. The Morgan fingerprint density at radius 1 is 1.10 bits per heavy atom. The van der Waals surface area contributed by atoms with E-state index in [0.717, 1.165) is 32.4 Å². The van der Waals surface area contributed by atoms with Crippen LogP contribution in [-0.2, 0) is 4.79 Å². The zero-order chi connectivity index (χ0) is 14.6. The van der Waals surface area contributed by atoms with E-state index in [1.165, 1.54) is 44.9 Å². The average molecular weight is 282 g/mol. The minimum absolute atomic E-state index is 0.216. The van der Waals surface area contributed by atoms with Crippen LogP contribution in [0.4, 0.5) is 0 Å². The molecule has 20 heavy (non-hydrogen) atoms. The van der Waals surface area contributed by atoms with Gasteiger partial charge in [0, 0.05) is 25.0 Å². The highest BCUT2D eigenvalue weighted by atomic mass is 16.1. The summed E-state index contributed by atoms with van der Waals surface area (Å²) in [4.78, 5) is 12.0. The minimum atomic E-state index is 0.216. The highest BCUT2D eigenvalue weighted by molar-refractivity contribution is 5.78. The summed E-state index contributed by atoms with van der Waals surface area (Å²) in [7, 11) is 0. The minimum Gasteiger partial charge on any atom is -0.355 e. The third-order valence-corrected chi connectivity index (χ3v) is 4.48. The summed E-state index contributed by atoms with van der Waals surface area (Å²) in [5, 5.41) is 6.70. The van der Waals surface area contributed by atoms with E-state index in [1.54, 1.807) is 0 Å². The molecule has 1 saturated carbocycles. The van der Waals surface area contributed by atoms with Gasteiger partial charge in [-0.1, -0.05) is 52.4 Å². The Kier molecular flexibility index (Phi) is 9.73. The first-order valence-electron chi connectivity index (χ1n) is 8.79. The van der Waals surface area contributed by atoms with Crippen LogP contribution in [-0.4, -0.2) is 25.0 Å².